The molecule has 5 heteroatoms. The van der Waals surface area contributed by atoms with Gasteiger partial charge >= 0.3 is 5.97 Å². The second-order valence-electron chi connectivity index (χ2n) is 6.18. The maximum absolute atomic E-state index is 12.6. The van der Waals surface area contributed by atoms with Gasteiger partial charge in [0.05, 0.1) is 6.54 Å². The molecule has 0 bridgehead atoms. The van der Waals surface area contributed by atoms with Crippen molar-refractivity contribution >= 4 is 11.9 Å². The zero-order valence-electron chi connectivity index (χ0n) is 13.1. The van der Waals surface area contributed by atoms with Crippen LogP contribution < -0.4 is 0 Å². The third kappa shape index (κ3) is 3.28. The minimum absolute atomic E-state index is 0.0278. The fraction of sp³-hybridized carbons (Fsp3) is 0.750. The molecule has 1 atom stereocenters. The maximum atomic E-state index is 12.6. The van der Waals surface area contributed by atoms with Crippen LogP contribution >= 0.6 is 0 Å². The summed E-state index contributed by atoms with van der Waals surface area (Å²) >= 11 is 0. The van der Waals surface area contributed by atoms with Crippen LogP contribution in [0, 0.1) is 0 Å². The summed E-state index contributed by atoms with van der Waals surface area (Å²) in [5.41, 5.74) is 0.223. The molecule has 1 N–H and O–H groups in total. The number of carbonyl (C=O) groups is 2. The molecule has 21 heavy (non-hydrogen) atoms. The Morgan fingerprint density at radius 2 is 2.14 bits per heavy atom. The molecule has 1 heterocycles. The van der Waals surface area contributed by atoms with Gasteiger partial charge in [-0.2, -0.15) is 0 Å². The maximum Gasteiger partial charge on any atom is 0.323 e. The van der Waals surface area contributed by atoms with Gasteiger partial charge in [-0.05, 0) is 58.9 Å². The van der Waals surface area contributed by atoms with E-state index in [4.69, 9.17) is 0 Å². The van der Waals surface area contributed by atoms with E-state index in [2.05, 4.69) is 6.08 Å². The van der Waals surface area contributed by atoms with E-state index >= 15 is 0 Å². The fourth-order valence-corrected chi connectivity index (χ4v) is 3.37. The summed E-state index contributed by atoms with van der Waals surface area (Å²) in [5, 5.41) is 9.42. The summed E-state index contributed by atoms with van der Waals surface area (Å²) in [6.07, 6.45) is 7.93. The van der Waals surface area contributed by atoms with Gasteiger partial charge in [0.15, 0.2) is 0 Å². The molecule has 5 nitrogen and oxygen atoms in total. The van der Waals surface area contributed by atoms with E-state index in [1.54, 1.807) is 6.92 Å². The van der Waals surface area contributed by atoms with E-state index < -0.39 is 11.5 Å². The SMILES string of the molecule is CCN(C(=O)CN1CCCC1(C)C(=O)O)C1=CCCCC1. The van der Waals surface area contributed by atoms with E-state index in [9.17, 15) is 14.7 Å². The lowest BCUT2D eigenvalue weighted by atomic mass is 9.99. The van der Waals surface area contributed by atoms with Crippen molar-refractivity contribution in [2.45, 2.75) is 57.9 Å². The van der Waals surface area contributed by atoms with Crippen molar-refractivity contribution in [3.63, 3.8) is 0 Å². The molecule has 1 amide bonds. The third-order valence-corrected chi connectivity index (χ3v) is 4.81. The Bertz CT molecular complexity index is 447. The molecular formula is C16H26N2O3. The lowest BCUT2D eigenvalue weighted by Gasteiger charge is -2.33. The predicted molar refractivity (Wildman–Crippen MR) is 80.8 cm³/mol. The Labute approximate surface area is 126 Å². The number of carboxylic acid groups (broad SMARTS) is 1. The average molecular weight is 294 g/mol. The van der Waals surface area contributed by atoms with Crippen LogP contribution in [0.25, 0.3) is 0 Å². The standard InChI is InChI=1S/C16H26N2O3/c1-3-18(13-8-5-4-6-9-13)14(19)12-17-11-7-10-16(17,2)15(20)21/h8H,3-7,9-12H2,1-2H3,(H,20,21). The first-order chi connectivity index (χ1) is 9.99. The molecule has 0 radical (unpaired) electrons. The Morgan fingerprint density at radius 1 is 1.38 bits per heavy atom. The number of carboxylic acids is 1. The van der Waals surface area contributed by atoms with Crippen molar-refractivity contribution in [1.82, 2.24) is 9.80 Å². The van der Waals surface area contributed by atoms with Gasteiger partial charge in [0.2, 0.25) is 5.91 Å². The molecule has 1 unspecified atom stereocenters. The number of hydrogen-bond donors (Lipinski definition) is 1. The molecule has 0 aromatic carbocycles. The van der Waals surface area contributed by atoms with Crippen LogP contribution in [-0.2, 0) is 9.59 Å². The summed E-state index contributed by atoms with van der Waals surface area (Å²) in [6.45, 7) is 5.25. The van der Waals surface area contributed by atoms with Crippen LogP contribution in [0.1, 0.15) is 52.4 Å². The van der Waals surface area contributed by atoms with Crippen LogP contribution in [0.3, 0.4) is 0 Å². The van der Waals surface area contributed by atoms with Crippen LogP contribution in [0.4, 0.5) is 0 Å². The highest BCUT2D eigenvalue weighted by molar-refractivity contribution is 5.83. The van der Waals surface area contributed by atoms with Gasteiger partial charge in [0.1, 0.15) is 5.54 Å². The van der Waals surface area contributed by atoms with Gasteiger partial charge in [-0.15, -0.1) is 0 Å². The molecule has 1 aliphatic carbocycles. The summed E-state index contributed by atoms with van der Waals surface area (Å²) in [5.74, 6) is -0.798. The Kier molecular flexibility index (Phi) is 5.04. The van der Waals surface area contributed by atoms with E-state index in [0.29, 0.717) is 19.5 Å². The van der Waals surface area contributed by atoms with Gasteiger partial charge in [-0.25, -0.2) is 0 Å². The van der Waals surface area contributed by atoms with Gasteiger partial charge in [-0.1, -0.05) is 6.08 Å². The average Bonchev–Trinajstić information content (AvgIpc) is 2.83. The lowest BCUT2D eigenvalue weighted by molar-refractivity contribution is -0.149. The molecule has 0 spiro atoms. The Hall–Kier alpha value is -1.36. The predicted octanol–water partition coefficient (Wildman–Crippen LogP) is 2.23. The molecule has 118 valence electrons. The molecule has 1 fully saturated rings. The van der Waals surface area contributed by atoms with Crippen LogP contribution in [-0.4, -0.2) is 52.0 Å². The van der Waals surface area contributed by atoms with Crippen molar-refractivity contribution in [3.05, 3.63) is 11.8 Å². The zero-order chi connectivity index (χ0) is 15.5. The van der Waals surface area contributed by atoms with Crippen LogP contribution in [0.2, 0.25) is 0 Å². The second kappa shape index (κ2) is 6.60. The first-order valence-corrected chi connectivity index (χ1v) is 7.97. The van der Waals surface area contributed by atoms with E-state index in [-0.39, 0.29) is 12.5 Å². The second-order valence-corrected chi connectivity index (χ2v) is 6.18. The molecule has 2 aliphatic rings. The number of nitrogens with zero attached hydrogens (tertiary/aromatic N) is 2. The minimum atomic E-state index is -0.893. The highest BCUT2D eigenvalue weighted by atomic mass is 16.4. The minimum Gasteiger partial charge on any atom is -0.480 e. The number of allylic oxidation sites excluding steroid dienone is 2. The van der Waals surface area contributed by atoms with E-state index in [1.807, 2.05) is 16.7 Å². The van der Waals surface area contributed by atoms with Gasteiger partial charge in [0.25, 0.3) is 0 Å². The smallest absolute Gasteiger partial charge is 0.323 e. The van der Waals surface area contributed by atoms with E-state index in [1.165, 1.54) is 6.42 Å². The van der Waals surface area contributed by atoms with Gasteiger partial charge < -0.3 is 10.0 Å². The van der Waals surface area contributed by atoms with Crippen molar-refractivity contribution < 1.29 is 14.7 Å². The van der Waals surface area contributed by atoms with E-state index in [0.717, 1.165) is 31.4 Å². The normalized spacial score (nSPS) is 26.5. The van der Waals surface area contributed by atoms with Crippen LogP contribution in [0.5, 0.6) is 0 Å². The quantitative estimate of drug-likeness (QED) is 0.844. The lowest BCUT2D eigenvalue weighted by Crippen LogP contribution is -2.51. The number of aliphatic carboxylic acids is 1. The number of rotatable bonds is 5. The monoisotopic (exact) mass is 294 g/mol. The Balaban J connectivity index is 2.05. The summed E-state index contributed by atoms with van der Waals surface area (Å²) in [7, 11) is 0. The first kappa shape index (κ1) is 16.0. The highest BCUT2D eigenvalue weighted by Crippen LogP contribution is 2.29. The van der Waals surface area contributed by atoms with Crippen molar-refractivity contribution in [1.29, 1.82) is 0 Å². The molecule has 1 saturated heterocycles. The molecule has 1 aliphatic heterocycles. The van der Waals surface area contributed by atoms with Gasteiger partial charge in [-0.3, -0.25) is 14.5 Å². The van der Waals surface area contributed by atoms with Gasteiger partial charge in [0, 0.05) is 12.2 Å². The highest BCUT2D eigenvalue weighted by Gasteiger charge is 2.44. The molecule has 2 rings (SSSR count). The van der Waals surface area contributed by atoms with Crippen molar-refractivity contribution in [2.75, 3.05) is 19.6 Å². The topological polar surface area (TPSA) is 60.9 Å². The van der Waals surface area contributed by atoms with Crippen LogP contribution in [0.15, 0.2) is 11.8 Å². The van der Waals surface area contributed by atoms with Crippen molar-refractivity contribution in [3.8, 4) is 0 Å². The fourth-order valence-electron chi connectivity index (χ4n) is 3.37. The molecule has 0 saturated carbocycles. The Morgan fingerprint density at radius 3 is 2.71 bits per heavy atom. The third-order valence-electron chi connectivity index (χ3n) is 4.81. The largest absolute Gasteiger partial charge is 0.480 e. The number of amides is 1. The summed E-state index contributed by atoms with van der Waals surface area (Å²) in [6, 6.07) is 0. The number of likely N-dealkylation sites (tertiary alicyclic amines) is 1. The summed E-state index contributed by atoms with van der Waals surface area (Å²) < 4.78 is 0. The first-order valence-electron chi connectivity index (χ1n) is 7.97. The number of carbonyl (C=O) groups excluding carboxylic acids is 1. The molecule has 0 aromatic rings. The molecule has 0 aromatic heterocycles. The van der Waals surface area contributed by atoms with Crippen molar-refractivity contribution in [2.24, 2.45) is 0 Å². The number of hydrogen-bond acceptors (Lipinski definition) is 3. The summed E-state index contributed by atoms with van der Waals surface area (Å²) in [4.78, 5) is 27.7. The molecular weight excluding hydrogens is 268 g/mol. The zero-order valence-corrected chi connectivity index (χ0v) is 13.1. The number of likely N-dealkylation sites (N-methyl/N-ethyl adjacent to an activating group) is 1.